The lowest BCUT2D eigenvalue weighted by atomic mass is 10.2. The van der Waals surface area contributed by atoms with Crippen molar-refractivity contribution in [2.24, 2.45) is 5.10 Å². The Labute approximate surface area is 139 Å². The number of rotatable bonds is 6. The highest BCUT2D eigenvalue weighted by Gasteiger charge is 2.04. The summed E-state index contributed by atoms with van der Waals surface area (Å²) in [5, 5.41) is 11.6. The predicted molar refractivity (Wildman–Crippen MR) is 90.0 cm³/mol. The van der Waals surface area contributed by atoms with Crippen LogP contribution in [0.1, 0.15) is 11.3 Å². The second-order valence-corrected chi connectivity index (χ2v) is 6.13. The molecule has 8 heteroatoms. The molecular weight excluding hydrogens is 366 g/mol. The maximum atomic E-state index is 5.13. The van der Waals surface area contributed by atoms with Gasteiger partial charge in [-0.2, -0.15) is 10.1 Å². The van der Waals surface area contributed by atoms with E-state index in [1.807, 2.05) is 18.2 Å². The van der Waals surface area contributed by atoms with Crippen LogP contribution in [0, 0.1) is 0 Å². The van der Waals surface area contributed by atoms with E-state index in [2.05, 4.69) is 53.8 Å². The first kappa shape index (κ1) is 14.9. The van der Waals surface area contributed by atoms with Gasteiger partial charge in [-0.15, -0.1) is 5.10 Å². The number of hydrogen-bond acceptors (Lipinski definition) is 6. The molecule has 6 nitrogen and oxygen atoms in total. The fourth-order valence-corrected chi connectivity index (χ4v) is 2.85. The van der Waals surface area contributed by atoms with E-state index >= 15 is 0 Å². The van der Waals surface area contributed by atoms with Gasteiger partial charge < -0.3 is 4.42 Å². The van der Waals surface area contributed by atoms with Gasteiger partial charge in [-0.1, -0.05) is 39.8 Å². The molecule has 0 fully saturated rings. The maximum absolute atomic E-state index is 5.13. The van der Waals surface area contributed by atoms with Gasteiger partial charge in [0.1, 0.15) is 5.76 Å². The summed E-state index contributed by atoms with van der Waals surface area (Å²) < 4.78 is 6.20. The molecule has 3 rings (SSSR count). The number of thioether (sulfide) groups is 1. The van der Waals surface area contributed by atoms with Crippen molar-refractivity contribution in [2.75, 3.05) is 5.43 Å². The fourth-order valence-electron chi connectivity index (χ4n) is 1.66. The topological polar surface area (TPSA) is 79.1 Å². The smallest absolute Gasteiger partial charge is 0.240 e. The Bertz CT molecular complexity index is 756. The molecule has 0 spiro atoms. The Morgan fingerprint density at radius 1 is 1.36 bits per heavy atom. The van der Waals surface area contributed by atoms with Gasteiger partial charge in [-0.3, -0.25) is 0 Å². The molecule has 0 radical (unpaired) electrons. The number of nitrogens with one attached hydrogen (secondary N) is 2. The number of aromatic amines is 1. The van der Waals surface area contributed by atoms with Crippen molar-refractivity contribution in [2.45, 2.75) is 10.9 Å². The van der Waals surface area contributed by atoms with Crippen molar-refractivity contribution in [3.8, 4) is 0 Å². The molecule has 0 saturated heterocycles. The van der Waals surface area contributed by atoms with E-state index in [1.54, 1.807) is 30.3 Å². The summed E-state index contributed by atoms with van der Waals surface area (Å²) in [7, 11) is 0. The number of hydrazone groups is 1. The lowest BCUT2D eigenvalue weighted by Crippen LogP contribution is -1.91. The van der Waals surface area contributed by atoms with Gasteiger partial charge in [-0.25, -0.2) is 10.5 Å². The number of anilines is 1. The number of nitrogens with zero attached hydrogens (tertiary/aromatic N) is 3. The van der Waals surface area contributed by atoms with Crippen LogP contribution in [-0.2, 0) is 5.75 Å². The van der Waals surface area contributed by atoms with Gasteiger partial charge in [0, 0.05) is 10.2 Å². The number of furan rings is 1. The summed E-state index contributed by atoms with van der Waals surface area (Å²) >= 11 is 5.01. The van der Waals surface area contributed by atoms with Crippen LogP contribution in [0.2, 0.25) is 0 Å². The van der Waals surface area contributed by atoms with Crippen LogP contribution >= 0.6 is 27.7 Å². The quantitative estimate of drug-likeness (QED) is 0.386. The second kappa shape index (κ2) is 7.28. The zero-order valence-electron chi connectivity index (χ0n) is 11.4. The molecule has 3 aromatic rings. The molecule has 2 aromatic heterocycles. The van der Waals surface area contributed by atoms with Crippen LogP contribution < -0.4 is 5.43 Å². The molecule has 0 saturated carbocycles. The van der Waals surface area contributed by atoms with E-state index in [0.29, 0.717) is 16.9 Å². The van der Waals surface area contributed by atoms with Gasteiger partial charge in [0.05, 0.1) is 12.5 Å². The standard InChI is InChI=1S/C14H12BrN5OS/c15-11-4-1-3-10(7-11)9-22-14-17-13(19-20-14)18-16-8-12-5-2-6-21-12/h1-8H,9H2,(H2,17,18,19,20)/b16-8-. The van der Waals surface area contributed by atoms with Crippen molar-refractivity contribution in [3.63, 3.8) is 0 Å². The lowest BCUT2D eigenvalue weighted by Gasteiger charge is -1.98. The largest absolute Gasteiger partial charge is 0.463 e. The van der Waals surface area contributed by atoms with E-state index in [4.69, 9.17) is 4.42 Å². The highest BCUT2D eigenvalue weighted by atomic mass is 79.9. The summed E-state index contributed by atoms with van der Waals surface area (Å²) in [6.07, 6.45) is 3.16. The molecule has 22 heavy (non-hydrogen) atoms. The second-order valence-electron chi connectivity index (χ2n) is 4.27. The van der Waals surface area contributed by atoms with E-state index in [0.717, 1.165) is 10.2 Å². The summed E-state index contributed by atoms with van der Waals surface area (Å²) in [6, 6.07) is 11.8. The molecule has 0 atom stereocenters. The molecule has 0 unspecified atom stereocenters. The minimum Gasteiger partial charge on any atom is -0.463 e. The SMILES string of the molecule is Brc1cccc(CSc2n[nH]c(N/N=C\c3ccco3)n2)c1. The monoisotopic (exact) mass is 377 g/mol. The number of H-pyrrole nitrogens is 1. The number of halogens is 1. The average molecular weight is 378 g/mol. The van der Waals surface area contributed by atoms with Crippen molar-refractivity contribution >= 4 is 39.9 Å². The average Bonchev–Trinajstić information content (AvgIpc) is 3.17. The molecule has 0 aliphatic heterocycles. The van der Waals surface area contributed by atoms with E-state index in [-0.39, 0.29) is 0 Å². The Hall–Kier alpha value is -2.06. The van der Waals surface area contributed by atoms with Crippen molar-refractivity contribution in [3.05, 3.63) is 58.5 Å². The van der Waals surface area contributed by atoms with Crippen molar-refractivity contribution in [1.82, 2.24) is 15.2 Å². The Balaban J connectivity index is 1.52. The molecule has 0 aliphatic carbocycles. The lowest BCUT2D eigenvalue weighted by molar-refractivity contribution is 0.560. The summed E-state index contributed by atoms with van der Waals surface area (Å²) in [5.41, 5.74) is 3.97. The molecular formula is C14H12BrN5OS. The maximum Gasteiger partial charge on any atom is 0.240 e. The number of aromatic nitrogens is 3. The van der Waals surface area contributed by atoms with Gasteiger partial charge in [-0.05, 0) is 29.8 Å². The highest BCUT2D eigenvalue weighted by Crippen LogP contribution is 2.21. The van der Waals surface area contributed by atoms with Gasteiger partial charge in [0.25, 0.3) is 0 Å². The van der Waals surface area contributed by atoms with Crippen molar-refractivity contribution in [1.29, 1.82) is 0 Å². The third-order valence-corrected chi connectivity index (χ3v) is 4.04. The molecule has 2 heterocycles. The molecule has 1 aromatic carbocycles. The van der Waals surface area contributed by atoms with Crippen LogP contribution in [0.3, 0.4) is 0 Å². The fraction of sp³-hybridized carbons (Fsp3) is 0.0714. The van der Waals surface area contributed by atoms with Crippen LogP contribution in [-0.4, -0.2) is 21.4 Å². The minimum absolute atomic E-state index is 0.486. The molecule has 2 N–H and O–H groups in total. The highest BCUT2D eigenvalue weighted by molar-refractivity contribution is 9.10. The zero-order chi connectivity index (χ0) is 15.2. The van der Waals surface area contributed by atoms with Gasteiger partial charge in [0.15, 0.2) is 0 Å². The molecule has 0 aliphatic rings. The van der Waals surface area contributed by atoms with Crippen molar-refractivity contribution < 1.29 is 4.42 Å². The first-order chi connectivity index (χ1) is 10.8. The number of hydrogen-bond donors (Lipinski definition) is 2. The first-order valence-corrected chi connectivity index (χ1v) is 8.20. The molecule has 0 amide bonds. The third kappa shape index (κ3) is 4.22. The summed E-state index contributed by atoms with van der Waals surface area (Å²) in [6.45, 7) is 0. The minimum atomic E-state index is 0.486. The predicted octanol–water partition coefficient (Wildman–Crippen LogP) is 3.90. The third-order valence-electron chi connectivity index (χ3n) is 2.63. The van der Waals surface area contributed by atoms with Crippen LogP contribution in [0.25, 0.3) is 0 Å². The number of benzene rings is 1. The van der Waals surface area contributed by atoms with Gasteiger partial charge >= 0.3 is 0 Å². The van der Waals surface area contributed by atoms with E-state index in [1.165, 1.54) is 5.56 Å². The molecule has 112 valence electrons. The Morgan fingerprint density at radius 2 is 2.32 bits per heavy atom. The van der Waals surface area contributed by atoms with Crippen LogP contribution in [0.15, 0.2) is 61.8 Å². The van der Waals surface area contributed by atoms with Crippen LogP contribution in [0.4, 0.5) is 5.95 Å². The Kier molecular flexibility index (Phi) is 4.92. The van der Waals surface area contributed by atoms with Gasteiger partial charge in [0.2, 0.25) is 11.1 Å². The zero-order valence-corrected chi connectivity index (χ0v) is 13.8. The van der Waals surface area contributed by atoms with E-state index < -0.39 is 0 Å². The first-order valence-electron chi connectivity index (χ1n) is 6.42. The van der Waals surface area contributed by atoms with Crippen LogP contribution in [0.5, 0.6) is 0 Å². The summed E-state index contributed by atoms with van der Waals surface area (Å²) in [4.78, 5) is 4.30. The Morgan fingerprint density at radius 3 is 3.14 bits per heavy atom. The molecule has 0 bridgehead atoms. The summed E-state index contributed by atoms with van der Waals surface area (Å²) in [5.74, 6) is 1.95. The van der Waals surface area contributed by atoms with E-state index in [9.17, 15) is 0 Å². The normalized spacial score (nSPS) is 11.1.